The van der Waals surface area contributed by atoms with Crippen LogP contribution in [0, 0.1) is 0 Å². The Hall–Kier alpha value is -2.49. The lowest BCUT2D eigenvalue weighted by Gasteiger charge is -2.26. The molecule has 2 unspecified atom stereocenters. The molecule has 0 aliphatic carbocycles. The summed E-state index contributed by atoms with van der Waals surface area (Å²) in [6.45, 7) is 4.80. The van der Waals surface area contributed by atoms with E-state index in [2.05, 4.69) is 50.3 Å². The number of allylic oxidation sites excluding steroid dienone is 6. The normalized spacial score (nSPS) is 12.9. The number of carboxylic acids is 1. The predicted octanol–water partition coefficient (Wildman–Crippen LogP) is 19.9. The molecular weight excluding hydrogens is 995 g/mol. The minimum absolute atomic E-state index is 0.151. The number of carbonyl (C=O) groups is 3. The molecule has 0 aliphatic heterocycles. The van der Waals surface area contributed by atoms with Crippen molar-refractivity contribution in [1.29, 1.82) is 0 Å². The first kappa shape index (κ1) is 77.5. The quantitative estimate of drug-likeness (QED) is 0.0195. The number of unbranched alkanes of at least 4 members (excludes halogenated alkanes) is 44. The van der Waals surface area contributed by atoms with Gasteiger partial charge in [-0.25, -0.2) is 0 Å². The van der Waals surface area contributed by atoms with Crippen molar-refractivity contribution in [2.75, 3.05) is 47.5 Å². The van der Waals surface area contributed by atoms with Crippen molar-refractivity contribution in [2.24, 2.45) is 0 Å². The van der Waals surface area contributed by atoms with Crippen molar-refractivity contribution < 1.29 is 42.9 Å². The highest BCUT2D eigenvalue weighted by Gasteiger charge is 2.22. The molecule has 470 valence electrons. The van der Waals surface area contributed by atoms with Crippen LogP contribution < -0.4 is 5.11 Å². The van der Waals surface area contributed by atoms with Crippen LogP contribution in [0.3, 0.4) is 0 Å². The lowest BCUT2D eigenvalue weighted by molar-refractivity contribution is -0.870. The molecule has 0 aromatic heterocycles. The number of hydrogen-bond acceptors (Lipinski definition) is 8. The fraction of sp³-hybridized carbons (Fsp3) is 0.873. The monoisotopic (exact) mass is 1130 g/mol. The minimum Gasteiger partial charge on any atom is -0.545 e. The van der Waals surface area contributed by atoms with E-state index in [1.807, 2.05) is 21.1 Å². The summed E-state index contributed by atoms with van der Waals surface area (Å²) in [6, 6.07) is 0. The molecule has 0 heterocycles. The number of nitrogens with zero attached hydrogens (tertiary/aromatic N) is 1. The maximum Gasteiger partial charge on any atom is 0.306 e. The molecule has 0 radical (unpaired) electrons. The zero-order valence-electron chi connectivity index (χ0n) is 53.7. The molecule has 9 heteroatoms. The summed E-state index contributed by atoms with van der Waals surface area (Å²) in [5, 5.41) is 11.8. The number of esters is 2. The van der Waals surface area contributed by atoms with Crippen LogP contribution in [0.2, 0.25) is 0 Å². The number of hydrogen-bond donors (Lipinski definition) is 0. The Labute approximate surface area is 496 Å². The Bertz CT molecular complexity index is 1410. The van der Waals surface area contributed by atoms with E-state index in [4.69, 9.17) is 18.9 Å². The number of likely N-dealkylation sites (N-methyl/N-ethyl adjacent to an activating group) is 1. The predicted molar refractivity (Wildman–Crippen MR) is 339 cm³/mol. The smallest absolute Gasteiger partial charge is 0.306 e. The third-order valence-corrected chi connectivity index (χ3v) is 15.6. The number of rotatable bonds is 65. The van der Waals surface area contributed by atoms with Crippen molar-refractivity contribution >= 4 is 17.9 Å². The minimum atomic E-state index is -1.62. The topological polar surface area (TPSA) is 111 Å². The number of carboxylic acid groups (broad SMARTS) is 1. The summed E-state index contributed by atoms with van der Waals surface area (Å²) in [5.41, 5.74) is 0. The van der Waals surface area contributed by atoms with Crippen molar-refractivity contribution in [3.8, 4) is 0 Å². The van der Waals surface area contributed by atoms with E-state index in [0.717, 1.165) is 51.4 Å². The van der Waals surface area contributed by atoms with Crippen LogP contribution in [0.25, 0.3) is 0 Å². The Morgan fingerprint density at radius 3 is 1.00 bits per heavy atom. The molecule has 0 amide bonds. The molecule has 0 aromatic carbocycles. The van der Waals surface area contributed by atoms with Gasteiger partial charge in [0.1, 0.15) is 13.2 Å². The lowest BCUT2D eigenvalue weighted by Crippen LogP contribution is -2.44. The molecule has 0 aromatic rings. The van der Waals surface area contributed by atoms with Gasteiger partial charge in [0.25, 0.3) is 0 Å². The number of aliphatic carboxylic acids is 1. The van der Waals surface area contributed by atoms with Gasteiger partial charge in [-0.15, -0.1) is 0 Å². The van der Waals surface area contributed by atoms with Crippen LogP contribution in [0.5, 0.6) is 0 Å². The summed E-state index contributed by atoms with van der Waals surface area (Å²) in [5.74, 6) is -2.25. The average molecular weight is 1130 g/mol. The van der Waals surface area contributed by atoms with Gasteiger partial charge in [0.2, 0.25) is 0 Å². The van der Waals surface area contributed by atoms with E-state index < -0.39 is 24.3 Å². The van der Waals surface area contributed by atoms with Crippen molar-refractivity contribution in [1.82, 2.24) is 0 Å². The summed E-state index contributed by atoms with van der Waals surface area (Å²) in [7, 11) is 5.94. The molecule has 0 saturated carbocycles. The van der Waals surface area contributed by atoms with E-state index in [1.165, 1.54) is 263 Å². The summed E-state index contributed by atoms with van der Waals surface area (Å²) in [4.78, 5) is 37.5. The molecule has 80 heavy (non-hydrogen) atoms. The maximum absolute atomic E-state index is 12.9. The number of ether oxygens (including phenoxy) is 4. The molecule has 0 rings (SSSR count). The second-order valence-electron chi connectivity index (χ2n) is 24.8. The first-order chi connectivity index (χ1) is 39.1. The van der Waals surface area contributed by atoms with E-state index >= 15 is 0 Å². The zero-order chi connectivity index (χ0) is 58.3. The second kappa shape index (κ2) is 62.6. The van der Waals surface area contributed by atoms with Gasteiger partial charge in [-0.2, -0.15) is 0 Å². The largest absolute Gasteiger partial charge is 0.545 e. The van der Waals surface area contributed by atoms with Gasteiger partial charge >= 0.3 is 11.9 Å². The third-order valence-electron chi connectivity index (χ3n) is 15.6. The van der Waals surface area contributed by atoms with Crippen molar-refractivity contribution in [2.45, 2.75) is 354 Å². The van der Waals surface area contributed by atoms with Crippen molar-refractivity contribution in [3.63, 3.8) is 0 Å². The SMILES string of the molecule is CCCCCCC/C=C\C/C=C\C/C=C\CCCCCCCCCCCCCCCCCCCCC(=O)OC(COC(=O)CCCCCCCCCCCCCCCCCCCCCCCC)COC(OCC[N+](C)(C)C)C(=O)[O-]. The Kier molecular flexibility index (Phi) is 60.6. The van der Waals surface area contributed by atoms with Gasteiger partial charge < -0.3 is 33.3 Å². The molecular formula is C71H133NO8. The van der Waals surface area contributed by atoms with Crippen LogP contribution in [0.1, 0.15) is 341 Å². The fourth-order valence-corrected chi connectivity index (χ4v) is 10.3. The van der Waals surface area contributed by atoms with Gasteiger partial charge in [0.05, 0.1) is 40.3 Å². The Morgan fingerprint density at radius 2 is 0.675 bits per heavy atom. The van der Waals surface area contributed by atoms with Gasteiger partial charge in [-0.1, -0.05) is 314 Å². The molecule has 9 nitrogen and oxygen atoms in total. The van der Waals surface area contributed by atoms with E-state index in [1.54, 1.807) is 0 Å². The van der Waals surface area contributed by atoms with E-state index in [9.17, 15) is 19.5 Å². The van der Waals surface area contributed by atoms with E-state index in [-0.39, 0.29) is 32.2 Å². The molecule has 0 aliphatic rings. The first-order valence-corrected chi connectivity index (χ1v) is 34.6. The highest BCUT2D eigenvalue weighted by Crippen LogP contribution is 2.18. The van der Waals surface area contributed by atoms with Gasteiger partial charge in [0.15, 0.2) is 12.4 Å². The Balaban J connectivity index is 4.06. The van der Waals surface area contributed by atoms with Crippen LogP contribution in [-0.4, -0.2) is 82.3 Å². The summed E-state index contributed by atoms with van der Waals surface area (Å²) >= 11 is 0. The van der Waals surface area contributed by atoms with E-state index in [0.29, 0.717) is 17.4 Å². The lowest BCUT2D eigenvalue weighted by atomic mass is 10.0. The van der Waals surface area contributed by atoms with Gasteiger partial charge in [-0.05, 0) is 51.4 Å². The maximum atomic E-state index is 12.9. The highest BCUT2D eigenvalue weighted by molar-refractivity contribution is 5.70. The molecule has 0 spiro atoms. The third kappa shape index (κ3) is 63.1. The molecule has 0 fully saturated rings. The van der Waals surface area contributed by atoms with Crippen LogP contribution in [0.15, 0.2) is 36.5 Å². The fourth-order valence-electron chi connectivity index (χ4n) is 10.3. The standard InChI is InChI=1S/C71H133NO8/c1-6-8-10-12-14-16-18-20-22-24-26-28-30-31-32-33-34-35-36-37-38-39-40-42-44-46-48-50-52-54-56-58-60-62-69(74)80-67(66-79-71(70(75)76)77-64-63-72(3,4)5)65-78-68(73)61-59-57-55-53-51-49-47-45-43-41-29-27-25-23-21-19-17-15-13-11-9-7-2/h18,20,24,26,30-31,67,71H,6-17,19,21-23,25,27-29,32-66H2,1-5H3/b20-18-,26-24-,31-30-. The number of quaternary nitrogens is 1. The van der Waals surface area contributed by atoms with Gasteiger partial charge in [0, 0.05) is 12.8 Å². The van der Waals surface area contributed by atoms with Crippen LogP contribution in [-0.2, 0) is 33.3 Å². The Morgan fingerprint density at radius 1 is 0.375 bits per heavy atom. The summed E-state index contributed by atoms with van der Waals surface area (Å²) in [6.07, 6.45) is 75.1. The van der Waals surface area contributed by atoms with Crippen LogP contribution >= 0.6 is 0 Å². The summed E-state index contributed by atoms with van der Waals surface area (Å²) < 4.78 is 22.8. The zero-order valence-corrected chi connectivity index (χ0v) is 53.7. The molecule has 2 atom stereocenters. The van der Waals surface area contributed by atoms with Crippen LogP contribution in [0.4, 0.5) is 0 Å². The molecule has 0 bridgehead atoms. The first-order valence-electron chi connectivity index (χ1n) is 34.6. The average Bonchev–Trinajstić information content (AvgIpc) is 3.43. The number of carbonyl (C=O) groups excluding carboxylic acids is 3. The molecule has 0 N–H and O–H groups in total. The van der Waals surface area contributed by atoms with Crippen molar-refractivity contribution in [3.05, 3.63) is 36.5 Å². The highest BCUT2D eigenvalue weighted by atomic mass is 16.7. The van der Waals surface area contributed by atoms with Gasteiger partial charge in [-0.3, -0.25) is 9.59 Å². The molecule has 0 saturated heterocycles. The second-order valence-corrected chi connectivity index (χ2v) is 24.8.